The summed E-state index contributed by atoms with van der Waals surface area (Å²) in [7, 11) is 1.84. The van der Waals surface area contributed by atoms with E-state index in [9.17, 15) is 4.79 Å². The zero-order valence-corrected chi connectivity index (χ0v) is 11.9. The fourth-order valence-electron chi connectivity index (χ4n) is 3.17. The van der Waals surface area contributed by atoms with Gasteiger partial charge in [-0.3, -0.25) is 9.48 Å². The molecule has 1 aliphatic rings. The van der Waals surface area contributed by atoms with Crippen molar-refractivity contribution >= 4 is 6.29 Å². The summed E-state index contributed by atoms with van der Waals surface area (Å²) in [5, 5.41) is 4.38. The van der Waals surface area contributed by atoms with Crippen LogP contribution in [0, 0.1) is 0 Å². The number of benzene rings is 1. The van der Waals surface area contributed by atoms with Gasteiger partial charge in [-0.05, 0) is 24.3 Å². The third-order valence-electron chi connectivity index (χ3n) is 4.24. The minimum atomic E-state index is 0.651. The molecule has 3 heteroatoms. The van der Waals surface area contributed by atoms with E-state index in [1.54, 1.807) is 10.9 Å². The van der Waals surface area contributed by atoms with Gasteiger partial charge in [0.25, 0.3) is 0 Å². The maximum atomic E-state index is 11.1. The SMILES string of the molecule is Cn1cc(C=O)c(-c2ccc(C3CCCCC3)cc2)n1. The van der Waals surface area contributed by atoms with Crippen molar-refractivity contribution in [3.05, 3.63) is 41.6 Å². The van der Waals surface area contributed by atoms with Crippen LogP contribution in [0.3, 0.4) is 0 Å². The third kappa shape index (κ3) is 2.53. The molecule has 3 nitrogen and oxygen atoms in total. The molecule has 0 radical (unpaired) electrons. The Morgan fingerprint density at radius 1 is 1.15 bits per heavy atom. The first-order valence-corrected chi connectivity index (χ1v) is 7.37. The van der Waals surface area contributed by atoms with Crippen LogP contribution in [-0.2, 0) is 7.05 Å². The molecule has 0 atom stereocenters. The highest BCUT2D eigenvalue weighted by molar-refractivity contribution is 5.85. The molecule has 0 spiro atoms. The zero-order valence-electron chi connectivity index (χ0n) is 11.9. The Balaban J connectivity index is 1.86. The van der Waals surface area contributed by atoms with Crippen LogP contribution >= 0.6 is 0 Å². The Morgan fingerprint density at radius 3 is 2.50 bits per heavy atom. The minimum absolute atomic E-state index is 0.651. The van der Waals surface area contributed by atoms with Crippen LogP contribution in [0.5, 0.6) is 0 Å². The second kappa shape index (κ2) is 5.61. The Morgan fingerprint density at radius 2 is 1.85 bits per heavy atom. The van der Waals surface area contributed by atoms with Gasteiger partial charge in [0, 0.05) is 18.8 Å². The molecule has 1 aliphatic carbocycles. The van der Waals surface area contributed by atoms with E-state index in [4.69, 9.17) is 0 Å². The lowest BCUT2D eigenvalue weighted by atomic mass is 9.84. The standard InChI is InChI=1S/C17H20N2O/c1-19-11-16(12-20)17(18-19)15-9-7-14(8-10-15)13-5-3-2-4-6-13/h7-13H,2-6H2,1H3. The number of aryl methyl sites for hydroxylation is 1. The highest BCUT2D eigenvalue weighted by Gasteiger charge is 2.16. The molecule has 1 aromatic carbocycles. The number of rotatable bonds is 3. The van der Waals surface area contributed by atoms with Gasteiger partial charge in [0.2, 0.25) is 0 Å². The third-order valence-corrected chi connectivity index (χ3v) is 4.24. The Hall–Kier alpha value is -1.90. The monoisotopic (exact) mass is 268 g/mol. The van der Waals surface area contributed by atoms with Crippen LogP contribution in [0.4, 0.5) is 0 Å². The molecule has 0 unspecified atom stereocenters. The van der Waals surface area contributed by atoms with Crippen LogP contribution in [0.2, 0.25) is 0 Å². The molecule has 1 saturated carbocycles. The van der Waals surface area contributed by atoms with Gasteiger partial charge in [-0.2, -0.15) is 5.10 Å². The molecule has 0 bridgehead atoms. The number of hydrogen-bond acceptors (Lipinski definition) is 2. The minimum Gasteiger partial charge on any atom is -0.298 e. The fourth-order valence-corrected chi connectivity index (χ4v) is 3.17. The van der Waals surface area contributed by atoms with E-state index in [0.29, 0.717) is 11.5 Å². The van der Waals surface area contributed by atoms with E-state index in [0.717, 1.165) is 17.5 Å². The lowest BCUT2D eigenvalue weighted by molar-refractivity contribution is 0.112. The molecule has 0 aliphatic heterocycles. The van der Waals surface area contributed by atoms with E-state index < -0.39 is 0 Å². The van der Waals surface area contributed by atoms with Gasteiger partial charge >= 0.3 is 0 Å². The summed E-state index contributed by atoms with van der Waals surface area (Å²) >= 11 is 0. The molecular weight excluding hydrogens is 248 g/mol. The van der Waals surface area contributed by atoms with Crippen molar-refractivity contribution in [2.24, 2.45) is 7.05 Å². The first kappa shape index (κ1) is 13.1. The summed E-state index contributed by atoms with van der Waals surface area (Å²) in [6, 6.07) is 8.60. The van der Waals surface area contributed by atoms with E-state index in [2.05, 4.69) is 29.4 Å². The first-order valence-electron chi connectivity index (χ1n) is 7.37. The van der Waals surface area contributed by atoms with Crippen molar-refractivity contribution in [2.75, 3.05) is 0 Å². The number of carbonyl (C=O) groups excluding carboxylic acids is 1. The number of nitrogens with zero attached hydrogens (tertiary/aromatic N) is 2. The van der Waals surface area contributed by atoms with Crippen molar-refractivity contribution in [2.45, 2.75) is 38.0 Å². The molecule has 0 saturated heterocycles. The first-order chi connectivity index (χ1) is 9.78. The van der Waals surface area contributed by atoms with Crippen LogP contribution in [-0.4, -0.2) is 16.1 Å². The Labute approximate surface area is 119 Å². The number of hydrogen-bond donors (Lipinski definition) is 0. The van der Waals surface area contributed by atoms with Crippen molar-refractivity contribution < 1.29 is 4.79 Å². The van der Waals surface area contributed by atoms with E-state index in [-0.39, 0.29) is 0 Å². The average Bonchev–Trinajstić information content (AvgIpc) is 2.89. The summed E-state index contributed by atoms with van der Waals surface area (Å²) in [6.45, 7) is 0. The molecule has 1 heterocycles. The lowest BCUT2D eigenvalue weighted by Crippen LogP contribution is -2.04. The van der Waals surface area contributed by atoms with Crippen molar-refractivity contribution in [1.29, 1.82) is 0 Å². The zero-order chi connectivity index (χ0) is 13.9. The summed E-state index contributed by atoms with van der Waals surface area (Å²) in [5.74, 6) is 0.715. The summed E-state index contributed by atoms with van der Waals surface area (Å²) in [5.41, 5.74) is 3.87. The van der Waals surface area contributed by atoms with Crippen molar-refractivity contribution in [3.8, 4) is 11.3 Å². The molecule has 2 aromatic rings. The lowest BCUT2D eigenvalue weighted by Gasteiger charge is -2.22. The molecule has 1 fully saturated rings. The maximum absolute atomic E-state index is 11.1. The van der Waals surface area contributed by atoms with E-state index in [1.807, 2.05) is 7.05 Å². The average molecular weight is 268 g/mol. The highest BCUT2D eigenvalue weighted by atomic mass is 16.1. The Bertz CT molecular complexity index is 592. The predicted octanol–water partition coefficient (Wildman–Crippen LogP) is 3.95. The molecule has 20 heavy (non-hydrogen) atoms. The van der Waals surface area contributed by atoms with Gasteiger partial charge in [0.05, 0.1) is 5.56 Å². The van der Waals surface area contributed by atoms with E-state index >= 15 is 0 Å². The van der Waals surface area contributed by atoms with Crippen LogP contribution in [0.15, 0.2) is 30.5 Å². The highest BCUT2D eigenvalue weighted by Crippen LogP contribution is 2.33. The molecular formula is C17H20N2O. The quantitative estimate of drug-likeness (QED) is 0.790. The summed E-state index contributed by atoms with van der Waals surface area (Å²) in [4.78, 5) is 11.1. The van der Waals surface area contributed by atoms with Gasteiger partial charge in [0.15, 0.2) is 6.29 Å². The van der Waals surface area contributed by atoms with Crippen molar-refractivity contribution in [3.63, 3.8) is 0 Å². The van der Waals surface area contributed by atoms with Gasteiger partial charge in [-0.1, -0.05) is 43.5 Å². The summed E-state index contributed by atoms with van der Waals surface area (Å²) < 4.78 is 1.69. The van der Waals surface area contributed by atoms with Crippen LogP contribution < -0.4 is 0 Å². The van der Waals surface area contributed by atoms with E-state index in [1.165, 1.54) is 37.7 Å². The van der Waals surface area contributed by atoms with Gasteiger partial charge in [-0.15, -0.1) is 0 Å². The van der Waals surface area contributed by atoms with Crippen LogP contribution in [0.1, 0.15) is 53.9 Å². The van der Waals surface area contributed by atoms with Gasteiger partial charge < -0.3 is 0 Å². The van der Waals surface area contributed by atoms with Gasteiger partial charge in [0.1, 0.15) is 5.69 Å². The maximum Gasteiger partial charge on any atom is 0.153 e. The normalized spacial score (nSPS) is 16.2. The number of aldehydes is 1. The molecule has 104 valence electrons. The second-order valence-corrected chi connectivity index (χ2v) is 5.68. The second-order valence-electron chi connectivity index (χ2n) is 5.68. The topological polar surface area (TPSA) is 34.9 Å². The molecule has 0 N–H and O–H groups in total. The number of aromatic nitrogens is 2. The van der Waals surface area contributed by atoms with Crippen molar-refractivity contribution in [1.82, 2.24) is 9.78 Å². The Kier molecular flexibility index (Phi) is 3.68. The molecule has 0 amide bonds. The number of carbonyl (C=O) groups is 1. The predicted molar refractivity (Wildman–Crippen MR) is 79.9 cm³/mol. The van der Waals surface area contributed by atoms with Crippen LogP contribution in [0.25, 0.3) is 11.3 Å². The van der Waals surface area contributed by atoms with Gasteiger partial charge in [-0.25, -0.2) is 0 Å². The smallest absolute Gasteiger partial charge is 0.153 e. The molecule has 3 rings (SSSR count). The molecule has 1 aromatic heterocycles. The largest absolute Gasteiger partial charge is 0.298 e. The fraction of sp³-hybridized carbons (Fsp3) is 0.412. The summed E-state index contributed by atoms with van der Waals surface area (Å²) in [6.07, 6.45) is 9.33.